The maximum Gasteiger partial charge on any atom is 0.0533 e. The summed E-state index contributed by atoms with van der Waals surface area (Å²) in [6, 6.07) is 8.62. The lowest BCUT2D eigenvalue weighted by Gasteiger charge is -2.09. The van der Waals surface area contributed by atoms with Crippen LogP contribution in [0.5, 0.6) is 0 Å². The maximum absolute atomic E-state index is 2.36. The molecule has 0 N–H and O–H groups in total. The van der Waals surface area contributed by atoms with Gasteiger partial charge < -0.3 is 4.57 Å². The van der Waals surface area contributed by atoms with E-state index in [1.807, 2.05) is 0 Å². The van der Waals surface area contributed by atoms with Crippen molar-refractivity contribution in [2.75, 3.05) is 0 Å². The molecular formula is C17H21N. The molecule has 1 heteroatoms. The molecule has 0 aliphatic heterocycles. The van der Waals surface area contributed by atoms with Crippen molar-refractivity contribution in [3.05, 3.63) is 53.8 Å². The molecule has 0 fully saturated rings. The van der Waals surface area contributed by atoms with Gasteiger partial charge in [-0.3, -0.25) is 0 Å². The van der Waals surface area contributed by atoms with Gasteiger partial charge in [0.25, 0.3) is 0 Å². The van der Waals surface area contributed by atoms with Crippen LogP contribution in [0.25, 0.3) is 16.6 Å². The maximum atomic E-state index is 2.36. The van der Waals surface area contributed by atoms with Crippen LogP contribution in [0, 0.1) is 13.8 Å². The molecule has 0 aliphatic carbocycles. The first kappa shape index (κ1) is 12.7. The summed E-state index contributed by atoms with van der Waals surface area (Å²) in [7, 11) is 0. The molecule has 1 nitrogen and oxygen atoms in total. The number of aromatic nitrogens is 1. The number of hydrogen-bond acceptors (Lipinski definition) is 0. The Morgan fingerprint density at radius 1 is 1.22 bits per heavy atom. The third-order valence-corrected chi connectivity index (χ3v) is 3.44. The minimum Gasteiger partial charge on any atom is -0.314 e. The van der Waals surface area contributed by atoms with Crippen molar-refractivity contribution >= 4 is 16.6 Å². The first-order valence-electron chi connectivity index (χ1n) is 6.60. The lowest BCUT2D eigenvalue weighted by atomic mass is 10.2. The van der Waals surface area contributed by atoms with Gasteiger partial charge in [0.05, 0.1) is 5.52 Å². The number of hydrogen-bond donors (Lipinski definition) is 0. The second-order valence-corrected chi connectivity index (χ2v) is 4.60. The average Bonchev–Trinajstić information content (AvgIpc) is 2.63. The Morgan fingerprint density at radius 2 is 1.94 bits per heavy atom. The predicted octanol–water partition coefficient (Wildman–Crippen LogP) is 5.09. The van der Waals surface area contributed by atoms with Crippen molar-refractivity contribution in [2.24, 2.45) is 0 Å². The fraction of sp³-hybridized carbons (Fsp3) is 0.294. The van der Waals surface area contributed by atoms with Crippen LogP contribution in [0.15, 0.2) is 42.5 Å². The summed E-state index contributed by atoms with van der Waals surface area (Å²) in [4.78, 5) is 0. The first-order valence-corrected chi connectivity index (χ1v) is 6.60. The van der Waals surface area contributed by atoms with E-state index in [9.17, 15) is 0 Å². The van der Waals surface area contributed by atoms with E-state index in [2.05, 4.69) is 74.8 Å². The Kier molecular flexibility index (Phi) is 3.71. The zero-order valence-corrected chi connectivity index (χ0v) is 11.7. The van der Waals surface area contributed by atoms with E-state index < -0.39 is 0 Å². The van der Waals surface area contributed by atoms with Crippen LogP contribution in [-0.4, -0.2) is 4.57 Å². The highest BCUT2D eigenvalue weighted by atomic mass is 15.0. The molecule has 1 heterocycles. The van der Waals surface area contributed by atoms with Gasteiger partial charge in [-0.2, -0.15) is 0 Å². The summed E-state index contributed by atoms with van der Waals surface area (Å²) in [6.45, 7) is 8.64. The molecule has 0 spiro atoms. The smallest absolute Gasteiger partial charge is 0.0533 e. The topological polar surface area (TPSA) is 4.93 Å². The van der Waals surface area contributed by atoms with Gasteiger partial charge in [-0.05, 0) is 44.9 Å². The minimum atomic E-state index is 1.05. The molecule has 0 amide bonds. The molecule has 2 rings (SSSR count). The van der Waals surface area contributed by atoms with Crippen LogP contribution in [-0.2, 0) is 0 Å². The fourth-order valence-corrected chi connectivity index (χ4v) is 2.48. The largest absolute Gasteiger partial charge is 0.314 e. The van der Waals surface area contributed by atoms with Crippen LogP contribution in [0.2, 0.25) is 0 Å². The van der Waals surface area contributed by atoms with Crippen LogP contribution >= 0.6 is 0 Å². The lowest BCUT2D eigenvalue weighted by molar-refractivity contribution is 1.06. The second kappa shape index (κ2) is 5.26. The van der Waals surface area contributed by atoms with Gasteiger partial charge in [-0.15, -0.1) is 0 Å². The summed E-state index contributed by atoms with van der Waals surface area (Å²) in [5.41, 5.74) is 5.26. The highest BCUT2D eigenvalue weighted by Crippen LogP contribution is 2.28. The van der Waals surface area contributed by atoms with Crippen molar-refractivity contribution in [3.8, 4) is 0 Å². The van der Waals surface area contributed by atoms with Gasteiger partial charge in [-0.25, -0.2) is 0 Å². The second-order valence-electron chi connectivity index (χ2n) is 4.60. The standard InChI is InChI=1S/C17H21N/c1-5-9-15(10-6-2)18-14(4)13(3)16-11-7-8-12-17(16)18/h5,7-12H,6H2,1-4H3/b9-5-,15-10+. The highest BCUT2D eigenvalue weighted by Gasteiger charge is 2.11. The average molecular weight is 239 g/mol. The lowest BCUT2D eigenvalue weighted by Crippen LogP contribution is -1.97. The predicted molar refractivity (Wildman–Crippen MR) is 80.8 cm³/mol. The first-order chi connectivity index (χ1) is 8.70. The summed E-state index contributed by atoms with van der Waals surface area (Å²) < 4.78 is 2.36. The molecule has 18 heavy (non-hydrogen) atoms. The highest BCUT2D eigenvalue weighted by molar-refractivity contribution is 5.89. The monoisotopic (exact) mass is 239 g/mol. The van der Waals surface area contributed by atoms with E-state index in [4.69, 9.17) is 0 Å². The van der Waals surface area contributed by atoms with Gasteiger partial charge in [0.15, 0.2) is 0 Å². The fourth-order valence-electron chi connectivity index (χ4n) is 2.48. The molecule has 1 aromatic heterocycles. The third kappa shape index (κ3) is 2.01. The van der Waals surface area contributed by atoms with Gasteiger partial charge in [0, 0.05) is 16.8 Å². The summed E-state index contributed by atoms with van der Waals surface area (Å²) in [5.74, 6) is 0. The number of nitrogens with zero attached hydrogens (tertiary/aromatic N) is 1. The van der Waals surface area contributed by atoms with Crippen molar-refractivity contribution in [2.45, 2.75) is 34.1 Å². The van der Waals surface area contributed by atoms with E-state index in [0.29, 0.717) is 0 Å². The molecule has 94 valence electrons. The van der Waals surface area contributed by atoms with Gasteiger partial charge in [-0.1, -0.05) is 37.3 Å². The zero-order chi connectivity index (χ0) is 13.1. The minimum absolute atomic E-state index is 1.05. The molecule has 0 aliphatic rings. The Hall–Kier alpha value is -1.76. The Morgan fingerprint density at radius 3 is 2.61 bits per heavy atom. The van der Waals surface area contributed by atoms with E-state index in [0.717, 1.165) is 6.42 Å². The van der Waals surface area contributed by atoms with Crippen molar-refractivity contribution in [1.29, 1.82) is 0 Å². The molecule has 0 saturated heterocycles. The number of benzene rings is 1. The van der Waals surface area contributed by atoms with E-state index in [1.165, 1.54) is 27.9 Å². The zero-order valence-electron chi connectivity index (χ0n) is 11.7. The van der Waals surface area contributed by atoms with E-state index in [1.54, 1.807) is 0 Å². The Labute approximate surface area is 109 Å². The van der Waals surface area contributed by atoms with Crippen LogP contribution in [0.1, 0.15) is 31.5 Å². The Bertz CT molecular complexity index is 612. The molecule has 0 saturated carbocycles. The third-order valence-electron chi connectivity index (χ3n) is 3.44. The van der Waals surface area contributed by atoms with Crippen molar-refractivity contribution in [1.82, 2.24) is 4.57 Å². The van der Waals surface area contributed by atoms with Crippen LogP contribution < -0.4 is 0 Å². The van der Waals surface area contributed by atoms with Crippen LogP contribution in [0.3, 0.4) is 0 Å². The Balaban J connectivity index is 2.77. The quantitative estimate of drug-likeness (QED) is 0.658. The molecule has 1 aromatic carbocycles. The molecule has 0 atom stereocenters. The number of fused-ring (bicyclic) bond motifs is 1. The van der Waals surface area contributed by atoms with Gasteiger partial charge in [0.2, 0.25) is 0 Å². The van der Waals surface area contributed by atoms with Gasteiger partial charge >= 0.3 is 0 Å². The van der Waals surface area contributed by atoms with Gasteiger partial charge in [0.1, 0.15) is 0 Å². The molecule has 0 radical (unpaired) electrons. The van der Waals surface area contributed by atoms with Crippen LogP contribution in [0.4, 0.5) is 0 Å². The molecule has 2 aromatic rings. The summed E-state index contributed by atoms with van der Waals surface area (Å²) in [6.07, 6.45) is 7.61. The molecule has 0 bridgehead atoms. The van der Waals surface area contributed by atoms with E-state index in [-0.39, 0.29) is 0 Å². The normalized spacial score (nSPS) is 12.8. The number of rotatable bonds is 3. The molecular weight excluding hydrogens is 218 g/mol. The number of allylic oxidation sites excluding steroid dienone is 4. The summed E-state index contributed by atoms with van der Waals surface area (Å²) in [5, 5.41) is 1.35. The summed E-state index contributed by atoms with van der Waals surface area (Å²) >= 11 is 0. The van der Waals surface area contributed by atoms with Crippen molar-refractivity contribution < 1.29 is 0 Å². The van der Waals surface area contributed by atoms with E-state index >= 15 is 0 Å². The van der Waals surface area contributed by atoms with Crippen molar-refractivity contribution in [3.63, 3.8) is 0 Å². The number of aryl methyl sites for hydroxylation is 1. The SMILES string of the molecule is C/C=C\C(=C/CC)n1c(C)c(C)c2ccccc21. The molecule has 0 unspecified atom stereocenters. The number of para-hydroxylation sites is 1.